The van der Waals surface area contributed by atoms with Crippen LogP contribution in [0.25, 0.3) is 0 Å². The number of unbranched alkanes of at least 4 members (excludes halogenated alkanes) is 23. The van der Waals surface area contributed by atoms with Crippen LogP contribution >= 0.6 is 0 Å². The van der Waals surface area contributed by atoms with Crippen molar-refractivity contribution in [1.29, 1.82) is 0 Å². The second-order valence-electron chi connectivity index (χ2n) is 40.2. The largest absolute Gasteiger partial charge is 0.479 e. The monoisotopic (exact) mass is 2140 g/mol. The number of ether oxygens (including phenoxy) is 11. The maximum Gasteiger partial charge on any atom is 0.338 e. The van der Waals surface area contributed by atoms with Crippen LogP contribution in [0, 0.1) is 17.8 Å². The van der Waals surface area contributed by atoms with Gasteiger partial charge in [0.05, 0.1) is 120 Å². The average Bonchev–Trinajstić information content (AvgIpc) is 0.729. The van der Waals surface area contributed by atoms with Crippen molar-refractivity contribution in [2.75, 3.05) is 52.9 Å². The third-order valence-corrected chi connectivity index (χ3v) is 29.2. The summed E-state index contributed by atoms with van der Waals surface area (Å²) < 4.78 is 66.8. The van der Waals surface area contributed by atoms with Crippen molar-refractivity contribution in [3.05, 3.63) is 12.2 Å². The number of aliphatic hydroxyl groups is 25. The summed E-state index contributed by atoms with van der Waals surface area (Å²) in [7, 11) is 0. The lowest BCUT2D eigenvalue weighted by Gasteiger charge is -2.55. The molecule has 0 aromatic carbocycles. The van der Waals surface area contributed by atoms with Gasteiger partial charge in [0, 0.05) is 71.1 Å². The molecule has 52 heteroatoms. The SMILES string of the molecule is CCCCCCCCCCCCC/C=C/[C@H](O)[C@@H](CO[C@@H]1O[C@H](CO)[C@@H](O[C@@H]2O[C@H](CO)[C@H](O[C@@H]3O[C@H](CO)[C@H](O)[C@H](O[C@@H]4O[C@H](CO)[C@H](O)[C@H](C(O)[C@]5(C(=O)O)C[C@H](O)[C@@H](NC(C)=O)C(C(O)C(CO)C(O)[C@]6(C(=O)O)C[C@H](O)[C@@H](NC(C)=O)C(C(O)C(O)CO)O6)O5)[C@H]4O)[C@H]3NC(C)=O)[C@H](C(O)[C@]3(C(=O)O)C[C@H](O)[C@@H](NC(C)=O)C(C(O)C(O)CO)O3)[C@H]2O)[C@H](O)[C@H]1O)NC(=O)CCCCCCCCCCCCCCC. The third-order valence-electron chi connectivity index (χ3n) is 29.2. The second kappa shape index (κ2) is 62.1. The number of carbonyl (C=O) groups is 8. The fraction of sp³-hybridized carbons (Fsp3) is 0.896. The number of carboxylic acid groups (broad SMARTS) is 3. The van der Waals surface area contributed by atoms with Crippen molar-refractivity contribution in [1.82, 2.24) is 26.6 Å². The number of aliphatic hydroxyl groups excluding tert-OH is 25. The van der Waals surface area contributed by atoms with Crippen LogP contribution in [0.15, 0.2) is 12.2 Å². The molecule has 7 aliphatic heterocycles. The fourth-order valence-electron chi connectivity index (χ4n) is 21.0. The maximum absolute atomic E-state index is 14.4. The van der Waals surface area contributed by atoms with E-state index in [2.05, 4.69) is 40.4 Å². The molecule has 148 heavy (non-hydrogen) atoms. The van der Waals surface area contributed by atoms with E-state index in [-0.39, 0.29) is 6.42 Å². The van der Waals surface area contributed by atoms with Gasteiger partial charge < -0.3 is 222 Å². The number of allylic oxidation sites excluding steroid dienone is 1. The van der Waals surface area contributed by atoms with Gasteiger partial charge in [0.25, 0.3) is 0 Å². The molecule has 0 aromatic heterocycles. The Hall–Kier alpha value is -5.94. The Balaban J connectivity index is 1.23. The number of aliphatic carboxylic acids is 3. The highest BCUT2D eigenvalue weighted by molar-refractivity contribution is 5.81. The molecule has 52 nitrogen and oxygen atoms in total. The summed E-state index contributed by atoms with van der Waals surface area (Å²) in [4.78, 5) is 108. The predicted molar refractivity (Wildman–Crippen MR) is 506 cm³/mol. The Bertz CT molecular complexity index is 3990. The Labute approximate surface area is 857 Å². The molecule has 5 amide bonds. The Morgan fingerprint density at radius 2 is 0.723 bits per heavy atom. The first-order chi connectivity index (χ1) is 70.2. The molecule has 7 aliphatic rings. The summed E-state index contributed by atoms with van der Waals surface area (Å²) in [5.74, 6) is -19.7. The lowest BCUT2D eigenvalue weighted by atomic mass is 9.71. The van der Waals surface area contributed by atoms with Gasteiger partial charge >= 0.3 is 17.9 Å². The van der Waals surface area contributed by atoms with Crippen molar-refractivity contribution in [2.45, 2.75) is 471 Å². The standard InChI is InChI=1S/C96H167N5O47/c1-7-9-11-13-15-17-19-21-23-25-27-29-31-33-52(113)51(101-62(119)34-32-30-28-26-24-22-20-18-16-14-12-10-8-2)45-138-88-77(128)76(127)79(61(44-108)141-88)144-90-75(126)64(86(131)96(93(136)137)37-55(116)67(99-48(5)111)83(148-96)71(122)57(118)40-104)78(60(43-107)142-90)143-87-68(100-49(6)112)80(73(124)59(42-106)139-87)145-89-74(125)63(72(123)58(41-105)140-89)85(130)95(92(134)135)36-54(115)65(97-46(3)109)81(146-95)69(120)50(38-102)84(129)94(91(132)133)35-53(114)66(98-47(4)110)82(147-94)70(121)56(117)39-103/h31,33,50-61,63-90,102-108,113-118,120-131H,7-30,32,34-45H2,1-6H3,(H,97,109)(H,98,110)(H,99,111)(H,100,112)(H,101,119)(H,132,133)(H,134,135)(H,136,137)/b33-31+/t50?,51-,52+,53+,54+,55+,56?,57?,58-,59-,60-,61-,63+,64-,65-,66-,67-,68-,69?,70?,71?,72+,73+,74-,75-,76-,77-,78+,79-,80-,81?,82?,83?,84?,85?,86?,87+,88-,89+,90+,94+,95+,96+/m1/s1. The van der Waals surface area contributed by atoms with Crippen molar-refractivity contribution in [2.24, 2.45) is 17.8 Å². The van der Waals surface area contributed by atoms with Gasteiger partial charge in [-0.1, -0.05) is 167 Å². The number of rotatable bonds is 64. The highest BCUT2D eigenvalue weighted by Crippen LogP contribution is 2.49. The smallest absolute Gasteiger partial charge is 0.338 e. The van der Waals surface area contributed by atoms with Crippen LogP contribution in [0.1, 0.15) is 228 Å². The molecule has 43 atom stereocenters. The first-order valence-electron chi connectivity index (χ1n) is 51.7. The molecule has 0 radical (unpaired) electrons. The molecule has 12 unspecified atom stereocenters. The van der Waals surface area contributed by atoms with Crippen molar-refractivity contribution in [3.8, 4) is 0 Å². The Kier molecular flexibility index (Phi) is 54.1. The van der Waals surface area contributed by atoms with Gasteiger partial charge in [0.15, 0.2) is 42.0 Å². The van der Waals surface area contributed by atoms with Crippen LogP contribution in [-0.4, -0.2) is 486 Å². The zero-order chi connectivity index (χ0) is 110. The van der Waals surface area contributed by atoms with E-state index in [0.29, 0.717) is 12.8 Å². The molecule has 0 bridgehead atoms. The summed E-state index contributed by atoms with van der Waals surface area (Å²) in [5.41, 5.74) is -10.7. The van der Waals surface area contributed by atoms with Gasteiger partial charge in [-0.2, -0.15) is 0 Å². The second-order valence-corrected chi connectivity index (χ2v) is 40.2. The van der Waals surface area contributed by atoms with Gasteiger partial charge in [0.1, 0.15) is 134 Å². The predicted octanol–water partition coefficient (Wildman–Crippen LogP) is -8.57. The first-order valence-corrected chi connectivity index (χ1v) is 51.7. The average molecular weight is 2140 g/mol. The minimum absolute atomic E-state index is 0.0539. The number of carbonyl (C=O) groups excluding carboxylic acids is 5. The van der Waals surface area contributed by atoms with E-state index in [0.717, 1.165) is 111 Å². The third kappa shape index (κ3) is 33.3. The molecule has 0 saturated carbocycles. The summed E-state index contributed by atoms with van der Waals surface area (Å²) in [5, 5.41) is 338. The molecular formula is C96H167N5O47. The number of amides is 5. The van der Waals surface area contributed by atoms with Crippen LogP contribution < -0.4 is 26.6 Å². The summed E-state index contributed by atoms with van der Waals surface area (Å²) in [6, 6.07) is -9.60. The van der Waals surface area contributed by atoms with E-state index in [4.69, 9.17) is 52.1 Å². The molecule has 7 saturated heterocycles. The van der Waals surface area contributed by atoms with Crippen LogP contribution in [0.4, 0.5) is 0 Å². The fourth-order valence-corrected chi connectivity index (χ4v) is 21.0. The van der Waals surface area contributed by atoms with E-state index < -0.39 is 380 Å². The van der Waals surface area contributed by atoms with Crippen molar-refractivity contribution < 1.29 is 233 Å². The van der Waals surface area contributed by atoms with Gasteiger partial charge in [-0.3, -0.25) is 24.0 Å². The van der Waals surface area contributed by atoms with Crippen LogP contribution in [-0.2, 0) is 90.5 Å². The zero-order valence-electron chi connectivity index (χ0n) is 84.7. The molecule has 7 rings (SSSR count). The Morgan fingerprint density at radius 3 is 1.14 bits per heavy atom. The molecular weight excluding hydrogens is 1980 g/mol. The number of hydrogen-bond donors (Lipinski definition) is 33. The van der Waals surface area contributed by atoms with E-state index in [9.17, 15) is 181 Å². The molecule has 7 heterocycles. The van der Waals surface area contributed by atoms with Crippen LogP contribution in [0.5, 0.6) is 0 Å². The highest BCUT2D eigenvalue weighted by atomic mass is 16.8. The summed E-state index contributed by atoms with van der Waals surface area (Å²) in [6.45, 7) is -2.65. The van der Waals surface area contributed by atoms with E-state index in [1.807, 2.05) is 0 Å². The number of hydrogen-bond acceptors (Lipinski definition) is 44. The normalized spacial score (nSPS) is 36.0. The van der Waals surface area contributed by atoms with E-state index in [1.165, 1.54) is 70.3 Å². The minimum Gasteiger partial charge on any atom is -0.479 e. The van der Waals surface area contributed by atoms with Crippen LogP contribution in [0.3, 0.4) is 0 Å². The molecule has 858 valence electrons. The van der Waals surface area contributed by atoms with Crippen molar-refractivity contribution in [3.63, 3.8) is 0 Å². The molecule has 33 N–H and O–H groups in total. The molecule has 0 spiro atoms. The van der Waals surface area contributed by atoms with E-state index in [1.54, 1.807) is 6.08 Å². The van der Waals surface area contributed by atoms with Crippen molar-refractivity contribution >= 4 is 47.4 Å². The molecule has 0 aliphatic carbocycles. The van der Waals surface area contributed by atoms with Crippen LogP contribution in [0.2, 0.25) is 0 Å². The maximum atomic E-state index is 14.4. The van der Waals surface area contributed by atoms with Gasteiger partial charge in [-0.25, -0.2) is 14.4 Å². The van der Waals surface area contributed by atoms with Gasteiger partial charge in [-0.15, -0.1) is 0 Å². The van der Waals surface area contributed by atoms with Gasteiger partial charge in [0.2, 0.25) is 29.5 Å². The topological polar surface area (TPSA) is 865 Å². The minimum atomic E-state index is -3.67. The summed E-state index contributed by atoms with van der Waals surface area (Å²) in [6.07, 6.45) is -53.5. The molecule has 0 aromatic rings. The Morgan fingerprint density at radius 1 is 0.372 bits per heavy atom. The number of nitrogens with one attached hydrogen (secondary N) is 5. The van der Waals surface area contributed by atoms with Gasteiger partial charge in [-0.05, 0) is 19.3 Å². The first kappa shape index (κ1) is 129. The number of carboxylic acids is 3. The molecule has 7 fully saturated rings. The zero-order valence-corrected chi connectivity index (χ0v) is 84.7. The quantitative estimate of drug-likeness (QED) is 0.0199. The van der Waals surface area contributed by atoms with E-state index >= 15 is 0 Å². The summed E-state index contributed by atoms with van der Waals surface area (Å²) >= 11 is 0. The lowest BCUT2D eigenvalue weighted by Crippen LogP contribution is -2.74. The lowest BCUT2D eigenvalue weighted by molar-refractivity contribution is -0.384. The highest BCUT2D eigenvalue weighted by Gasteiger charge is 2.69.